The van der Waals surface area contributed by atoms with Gasteiger partial charge in [0.05, 0.1) is 6.54 Å². The zero-order valence-corrected chi connectivity index (χ0v) is 5.65. The van der Waals surface area contributed by atoms with Gasteiger partial charge in [0, 0.05) is 23.0 Å². The van der Waals surface area contributed by atoms with E-state index in [-0.39, 0.29) is 0 Å². The Bertz CT molecular complexity index is 139. The summed E-state index contributed by atoms with van der Waals surface area (Å²) >= 11 is 11.1. The molecule has 0 unspecified atom stereocenters. The predicted octanol–water partition coefficient (Wildman–Crippen LogP) is 2.09. The molecule has 1 aliphatic rings. The normalized spacial score (nSPS) is 18.8. The van der Waals surface area contributed by atoms with Gasteiger partial charge in [-0.1, -0.05) is 11.6 Å². The van der Waals surface area contributed by atoms with Crippen molar-refractivity contribution in [1.29, 1.82) is 0 Å². The Kier molecular flexibility index (Phi) is 1.81. The molecule has 8 heavy (non-hydrogen) atoms. The number of rotatable bonds is 0. The lowest BCUT2D eigenvalue weighted by molar-refractivity contribution is 0.663. The third-order valence-corrected chi connectivity index (χ3v) is 1.30. The maximum atomic E-state index is 5.60. The van der Waals surface area contributed by atoms with Crippen LogP contribution in [-0.4, -0.2) is 11.0 Å². The summed E-state index contributed by atoms with van der Waals surface area (Å²) in [5, 5.41) is 0.766. The van der Waals surface area contributed by atoms with E-state index in [1.165, 1.54) is 4.42 Å². The van der Waals surface area contributed by atoms with E-state index < -0.39 is 0 Å². The molecule has 1 nitrogen and oxygen atoms in total. The quantitative estimate of drug-likeness (QED) is 0.478. The number of nitrogens with zero attached hydrogens (tertiary/aromatic N) is 1. The lowest BCUT2D eigenvalue weighted by Crippen LogP contribution is -2.07. The third kappa shape index (κ3) is 1.42. The number of allylic oxidation sites excluding steroid dienone is 2. The molecule has 44 valence electrons. The minimum Gasteiger partial charge on any atom is -0.287 e. The highest BCUT2D eigenvalue weighted by Gasteiger charge is 1.99. The first-order chi connectivity index (χ1) is 3.79. The van der Waals surface area contributed by atoms with Crippen molar-refractivity contribution in [2.75, 3.05) is 6.54 Å². The van der Waals surface area contributed by atoms with Crippen molar-refractivity contribution < 1.29 is 0 Å². The van der Waals surface area contributed by atoms with Crippen molar-refractivity contribution in [2.24, 2.45) is 0 Å². The Hall–Kier alpha value is -0.140. The second-order valence-corrected chi connectivity index (χ2v) is 2.43. The fraction of sp³-hybridized carbons (Fsp3) is 0.200. The topological polar surface area (TPSA) is 3.24 Å². The molecule has 0 amide bonds. The molecule has 3 heteroatoms. The average molecular weight is 150 g/mol. The van der Waals surface area contributed by atoms with Gasteiger partial charge in [-0.15, -0.1) is 0 Å². The Balaban J connectivity index is 2.59. The molecule has 0 fully saturated rings. The maximum absolute atomic E-state index is 5.60. The molecule has 1 rings (SSSR count). The monoisotopic (exact) mass is 149 g/mol. The number of hydrogen-bond donors (Lipinski definition) is 0. The Morgan fingerprint density at radius 1 is 1.62 bits per heavy atom. The minimum atomic E-state index is 0.611. The molecule has 1 heterocycles. The van der Waals surface area contributed by atoms with Crippen molar-refractivity contribution in [3.63, 3.8) is 0 Å². The van der Waals surface area contributed by atoms with Crippen molar-refractivity contribution in [1.82, 2.24) is 4.42 Å². The van der Waals surface area contributed by atoms with Crippen LogP contribution in [0.3, 0.4) is 0 Å². The maximum Gasteiger partial charge on any atom is 0.0699 e. The molecule has 0 saturated carbocycles. The van der Waals surface area contributed by atoms with Gasteiger partial charge < -0.3 is 0 Å². The largest absolute Gasteiger partial charge is 0.287 e. The zero-order valence-electron chi connectivity index (χ0n) is 4.14. The van der Waals surface area contributed by atoms with Gasteiger partial charge in [-0.25, -0.2) is 0 Å². The number of hydrogen-bond acceptors (Lipinski definition) is 1. The van der Waals surface area contributed by atoms with Crippen LogP contribution in [0.4, 0.5) is 0 Å². The van der Waals surface area contributed by atoms with E-state index in [1.807, 2.05) is 6.08 Å². The summed E-state index contributed by atoms with van der Waals surface area (Å²) in [7, 11) is 0. The minimum absolute atomic E-state index is 0.611. The van der Waals surface area contributed by atoms with E-state index in [1.54, 1.807) is 12.3 Å². The first-order valence-electron chi connectivity index (χ1n) is 2.24. The molecular formula is C5H5Cl2N. The van der Waals surface area contributed by atoms with Gasteiger partial charge in [-0.2, -0.15) is 0 Å². The highest BCUT2D eigenvalue weighted by atomic mass is 35.5. The van der Waals surface area contributed by atoms with Crippen LogP contribution < -0.4 is 0 Å². The summed E-state index contributed by atoms with van der Waals surface area (Å²) < 4.78 is 1.50. The van der Waals surface area contributed by atoms with E-state index in [2.05, 4.69) is 0 Å². The summed E-state index contributed by atoms with van der Waals surface area (Å²) in [5.74, 6) is 0. The van der Waals surface area contributed by atoms with Gasteiger partial charge in [0.15, 0.2) is 0 Å². The lowest BCUT2D eigenvalue weighted by Gasteiger charge is -2.11. The van der Waals surface area contributed by atoms with Crippen LogP contribution >= 0.6 is 23.4 Å². The molecule has 0 aromatic carbocycles. The molecule has 0 aromatic heterocycles. The third-order valence-electron chi connectivity index (χ3n) is 0.827. The van der Waals surface area contributed by atoms with Crippen LogP contribution in [0.2, 0.25) is 0 Å². The predicted molar refractivity (Wildman–Crippen MR) is 35.6 cm³/mol. The van der Waals surface area contributed by atoms with E-state index in [4.69, 9.17) is 23.4 Å². The van der Waals surface area contributed by atoms with Gasteiger partial charge in [0.25, 0.3) is 0 Å². The molecule has 0 bridgehead atoms. The molecule has 0 atom stereocenters. The Morgan fingerprint density at radius 2 is 2.38 bits per heavy atom. The second kappa shape index (κ2) is 2.42. The van der Waals surface area contributed by atoms with Crippen LogP contribution in [-0.2, 0) is 0 Å². The van der Waals surface area contributed by atoms with E-state index in [9.17, 15) is 0 Å². The summed E-state index contributed by atoms with van der Waals surface area (Å²) in [4.78, 5) is 0. The summed E-state index contributed by atoms with van der Waals surface area (Å²) in [6.07, 6.45) is 5.38. The van der Waals surface area contributed by atoms with Crippen molar-refractivity contribution in [2.45, 2.75) is 0 Å². The van der Waals surface area contributed by atoms with E-state index in [0.717, 1.165) is 5.03 Å². The molecule has 0 saturated heterocycles. The van der Waals surface area contributed by atoms with E-state index in [0.29, 0.717) is 6.54 Å². The van der Waals surface area contributed by atoms with Crippen molar-refractivity contribution in [3.05, 3.63) is 23.4 Å². The Labute approximate surface area is 58.3 Å². The molecule has 0 aliphatic carbocycles. The average Bonchev–Trinajstić information content (AvgIpc) is 1.64. The number of halogens is 2. The van der Waals surface area contributed by atoms with Gasteiger partial charge in [-0.3, -0.25) is 4.42 Å². The fourth-order valence-corrected chi connectivity index (χ4v) is 0.947. The Morgan fingerprint density at radius 3 is 2.75 bits per heavy atom. The zero-order chi connectivity index (χ0) is 5.98. The smallest absolute Gasteiger partial charge is 0.0699 e. The van der Waals surface area contributed by atoms with Crippen LogP contribution in [0.1, 0.15) is 0 Å². The summed E-state index contributed by atoms with van der Waals surface area (Å²) in [6.45, 7) is 0.611. The molecule has 0 N–H and O–H groups in total. The second-order valence-electron chi connectivity index (χ2n) is 1.51. The molecule has 0 radical (unpaired) electrons. The lowest BCUT2D eigenvalue weighted by atomic mass is 10.4. The van der Waals surface area contributed by atoms with Gasteiger partial charge in [0.1, 0.15) is 0 Å². The summed E-state index contributed by atoms with van der Waals surface area (Å²) in [6, 6.07) is 0. The van der Waals surface area contributed by atoms with Gasteiger partial charge in [-0.05, 0) is 12.2 Å². The highest BCUT2D eigenvalue weighted by molar-refractivity contribution is 6.30. The van der Waals surface area contributed by atoms with Crippen LogP contribution in [0.5, 0.6) is 0 Å². The SMILES string of the molecule is ClC1=CC=CN(Cl)C1. The fourth-order valence-electron chi connectivity index (χ4n) is 0.491. The van der Waals surface area contributed by atoms with Crippen molar-refractivity contribution >= 4 is 23.4 Å². The molecular weight excluding hydrogens is 145 g/mol. The van der Waals surface area contributed by atoms with Gasteiger partial charge in [0.2, 0.25) is 0 Å². The highest BCUT2D eigenvalue weighted by Crippen LogP contribution is 2.11. The van der Waals surface area contributed by atoms with E-state index >= 15 is 0 Å². The molecule has 1 aliphatic heterocycles. The summed E-state index contributed by atoms with van der Waals surface area (Å²) in [5.41, 5.74) is 0. The van der Waals surface area contributed by atoms with Gasteiger partial charge >= 0.3 is 0 Å². The molecule has 0 aromatic rings. The van der Waals surface area contributed by atoms with Crippen LogP contribution in [0.25, 0.3) is 0 Å². The van der Waals surface area contributed by atoms with Crippen LogP contribution in [0, 0.1) is 0 Å². The first kappa shape index (κ1) is 5.99. The standard InChI is InChI=1S/C5H5Cl2N/c6-5-2-1-3-8(7)4-5/h1-3H,4H2. The first-order valence-corrected chi connectivity index (χ1v) is 2.96. The van der Waals surface area contributed by atoms with Crippen LogP contribution in [0.15, 0.2) is 23.4 Å². The molecule has 0 spiro atoms. The van der Waals surface area contributed by atoms with Crippen molar-refractivity contribution in [3.8, 4) is 0 Å².